The molecule has 102 valence electrons. The minimum atomic E-state index is 0.318. The van der Waals surface area contributed by atoms with Crippen molar-refractivity contribution in [3.05, 3.63) is 6.33 Å². The van der Waals surface area contributed by atoms with Crippen LogP contribution in [0.5, 0.6) is 0 Å². The molecule has 0 aliphatic carbocycles. The van der Waals surface area contributed by atoms with Crippen molar-refractivity contribution >= 4 is 23.7 Å². The van der Waals surface area contributed by atoms with Crippen LogP contribution in [-0.4, -0.2) is 43.2 Å². The molecule has 2 rings (SSSR count). The maximum Gasteiger partial charge on any atom is 0.242 e. The molecule has 0 amide bonds. The highest BCUT2D eigenvalue weighted by atomic mass is 32.2. The molecule has 0 aromatic carbocycles. The molecule has 0 aliphatic heterocycles. The fourth-order valence-corrected chi connectivity index (χ4v) is 2.06. The number of aromatic nitrogens is 6. The normalized spacial score (nSPS) is 10.5. The number of nitrogens with zero attached hydrogens (tertiary/aromatic N) is 6. The maximum absolute atomic E-state index is 5.38. The number of nitrogens with two attached hydrogens (primary N) is 1. The van der Waals surface area contributed by atoms with Crippen LogP contribution in [0, 0.1) is 0 Å². The Morgan fingerprint density at radius 2 is 2.11 bits per heavy atom. The van der Waals surface area contributed by atoms with Crippen LogP contribution in [0.1, 0.15) is 13.8 Å². The Morgan fingerprint density at radius 1 is 1.32 bits per heavy atom. The van der Waals surface area contributed by atoms with Gasteiger partial charge in [0.15, 0.2) is 5.16 Å². The summed E-state index contributed by atoms with van der Waals surface area (Å²) in [5, 5.41) is 7.62. The SMILES string of the molecule is CCN(CC)c1nc(NN)nc(Sc2ncn[nH]2)n1. The first-order valence-corrected chi connectivity index (χ1v) is 6.59. The highest BCUT2D eigenvalue weighted by Gasteiger charge is 2.12. The van der Waals surface area contributed by atoms with Crippen LogP contribution in [0.3, 0.4) is 0 Å². The summed E-state index contributed by atoms with van der Waals surface area (Å²) in [7, 11) is 0. The van der Waals surface area contributed by atoms with Crippen molar-refractivity contribution < 1.29 is 0 Å². The van der Waals surface area contributed by atoms with E-state index in [1.54, 1.807) is 0 Å². The molecule has 0 aliphatic rings. The first-order valence-electron chi connectivity index (χ1n) is 5.77. The predicted molar refractivity (Wildman–Crippen MR) is 71.7 cm³/mol. The molecule has 2 aromatic rings. The van der Waals surface area contributed by atoms with Gasteiger partial charge in [0.05, 0.1) is 0 Å². The zero-order chi connectivity index (χ0) is 13.7. The van der Waals surface area contributed by atoms with Crippen LogP contribution in [0.25, 0.3) is 0 Å². The van der Waals surface area contributed by atoms with Crippen molar-refractivity contribution in [2.75, 3.05) is 23.4 Å². The molecular weight excluding hydrogens is 266 g/mol. The largest absolute Gasteiger partial charge is 0.341 e. The number of rotatable bonds is 6. The number of nitrogen functional groups attached to an aromatic ring is 1. The van der Waals surface area contributed by atoms with Crippen LogP contribution in [0.4, 0.5) is 11.9 Å². The van der Waals surface area contributed by atoms with E-state index in [-0.39, 0.29) is 0 Å². The smallest absolute Gasteiger partial charge is 0.242 e. The Hall–Kier alpha value is -1.94. The Labute approximate surface area is 114 Å². The van der Waals surface area contributed by atoms with Gasteiger partial charge in [-0.3, -0.25) is 10.5 Å². The number of nitrogens with one attached hydrogen (secondary N) is 2. The molecule has 0 saturated carbocycles. The summed E-state index contributed by atoms with van der Waals surface area (Å²) in [5.41, 5.74) is 2.44. The number of hydrogen-bond acceptors (Lipinski definition) is 9. The maximum atomic E-state index is 5.38. The van der Waals surface area contributed by atoms with E-state index in [1.165, 1.54) is 18.1 Å². The van der Waals surface area contributed by atoms with Crippen molar-refractivity contribution in [2.24, 2.45) is 5.84 Å². The van der Waals surface area contributed by atoms with E-state index in [0.717, 1.165) is 13.1 Å². The number of H-pyrrole nitrogens is 1. The lowest BCUT2D eigenvalue weighted by Crippen LogP contribution is -2.25. The second kappa shape index (κ2) is 6.29. The Bertz CT molecular complexity index is 510. The van der Waals surface area contributed by atoms with E-state index in [0.29, 0.717) is 22.2 Å². The highest BCUT2D eigenvalue weighted by molar-refractivity contribution is 7.99. The molecule has 2 aromatic heterocycles. The summed E-state index contributed by atoms with van der Waals surface area (Å²) in [6, 6.07) is 0. The number of hydrogen-bond donors (Lipinski definition) is 3. The minimum absolute atomic E-state index is 0.318. The van der Waals surface area contributed by atoms with Gasteiger partial charge in [-0.2, -0.15) is 20.1 Å². The Kier molecular flexibility index (Phi) is 4.47. The van der Waals surface area contributed by atoms with E-state index < -0.39 is 0 Å². The van der Waals surface area contributed by atoms with Crippen LogP contribution in [-0.2, 0) is 0 Å². The summed E-state index contributed by atoms with van der Waals surface area (Å²) in [6.45, 7) is 5.67. The third kappa shape index (κ3) is 3.29. The first kappa shape index (κ1) is 13.5. The van der Waals surface area contributed by atoms with Crippen molar-refractivity contribution in [2.45, 2.75) is 24.2 Å². The van der Waals surface area contributed by atoms with Crippen LogP contribution in [0.15, 0.2) is 16.6 Å². The number of hydrazine groups is 1. The molecule has 0 bridgehead atoms. The average Bonchev–Trinajstić information content (AvgIpc) is 2.93. The molecule has 4 N–H and O–H groups in total. The molecule has 0 saturated heterocycles. The number of anilines is 2. The van der Waals surface area contributed by atoms with Crippen LogP contribution < -0.4 is 16.2 Å². The Balaban J connectivity index is 2.30. The molecule has 2 heterocycles. The average molecular weight is 281 g/mol. The third-order valence-corrected chi connectivity index (χ3v) is 3.11. The fraction of sp³-hybridized carbons (Fsp3) is 0.444. The minimum Gasteiger partial charge on any atom is -0.341 e. The van der Waals surface area contributed by atoms with Gasteiger partial charge in [-0.1, -0.05) is 0 Å². The molecule has 0 unspecified atom stereocenters. The van der Waals surface area contributed by atoms with Gasteiger partial charge >= 0.3 is 0 Å². The first-order chi connectivity index (χ1) is 9.26. The molecular formula is C9H15N9S. The van der Waals surface area contributed by atoms with Crippen molar-refractivity contribution in [3.8, 4) is 0 Å². The van der Waals surface area contributed by atoms with Crippen LogP contribution >= 0.6 is 11.8 Å². The molecule has 10 heteroatoms. The van der Waals surface area contributed by atoms with Crippen molar-refractivity contribution in [3.63, 3.8) is 0 Å². The van der Waals surface area contributed by atoms with Gasteiger partial charge in [0.25, 0.3) is 0 Å². The molecule has 0 spiro atoms. The second-order valence-electron chi connectivity index (χ2n) is 3.45. The summed E-state index contributed by atoms with van der Waals surface area (Å²) < 4.78 is 0. The van der Waals surface area contributed by atoms with E-state index >= 15 is 0 Å². The van der Waals surface area contributed by atoms with Crippen molar-refractivity contribution in [1.82, 2.24) is 30.1 Å². The van der Waals surface area contributed by atoms with Crippen LogP contribution in [0.2, 0.25) is 0 Å². The molecule has 0 radical (unpaired) electrons. The lowest BCUT2D eigenvalue weighted by Gasteiger charge is -2.18. The zero-order valence-electron chi connectivity index (χ0n) is 10.7. The lowest BCUT2D eigenvalue weighted by atomic mass is 10.5. The topological polar surface area (TPSA) is 122 Å². The molecule has 0 atom stereocenters. The second-order valence-corrected chi connectivity index (χ2v) is 4.41. The molecule has 19 heavy (non-hydrogen) atoms. The summed E-state index contributed by atoms with van der Waals surface area (Å²) in [4.78, 5) is 18.8. The van der Waals surface area contributed by atoms with Gasteiger partial charge in [-0.15, -0.1) is 0 Å². The van der Waals surface area contributed by atoms with Gasteiger partial charge in [0.2, 0.25) is 17.1 Å². The van der Waals surface area contributed by atoms with E-state index in [9.17, 15) is 0 Å². The summed E-state index contributed by atoms with van der Waals surface area (Å²) in [6.07, 6.45) is 1.43. The third-order valence-electron chi connectivity index (χ3n) is 2.36. The van der Waals surface area contributed by atoms with Gasteiger partial charge < -0.3 is 4.90 Å². The van der Waals surface area contributed by atoms with Gasteiger partial charge in [0.1, 0.15) is 6.33 Å². The Morgan fingerprint density at radius 3 is 2.68 bits per heavy atom. The lowest BCUT2D eigenvalue weighted by molar-refractivity contribution is 0.782. The molecule has 9 nitrogen and oxygen atoms in total. The van der Waals surface area contributed by atoms with Gasteiger partial charge in [-0.05, 0) is 25.6 Å². The van der Waals surface area contributed by atoms with Gasteiger partial charge in [0, 0.05) is 13.1 Å². The quantitative estimate of drug-likeness (QED) is 0.506. The van der Waals surface area contributed by atoms with Crippen molar-refractivity contribution in [1.29, 1.82) is 0 Å². The number of aromatic amines is 1. The van der Waals surface area contributed by atoms with E-state index in [1.807, 2.05) is 18.7 Å². The standard InChI is InChI=1S/C9H15N9S/c1-3-18(4-2)7-13-6(16-10)14-9(15-7)19-8-11-5-12-17-8/h5H,3-4,10H2,1-2H3,(H,11,12,17)(H,13,14,15,16). The van der Waals surface area contributed by atoms with E-state index in [4.69, 9.17) is 5.84 Å². The fourth-order valence-electron chi connectivity index (χ4n) is 1.43. The predicted octanol–water partition coefficient (Wildman–Crippen LogP) is 0.273. The summed E-state index contributed by atoms with van der Waals surface area (Å²) >= 11 is 1.26. The summed E-state index contributed by atoms with van der Waals surface area (Å²) in [5.74, 6) is 6.27. The van der Waals surface area contributed by atoms with E-state index in [2.05, 4.69) is 35.6 Å². The highest BCUT2D eigenvalue weighted by Crippen LogP contribution is 2.22. The van der Waals surface area contributed by atoms with Gasteiger partial charge in [-0.25, -0.2) is 10.8 Å². The monoisotopic (exact) mass is 281 g/mol. The zero-order valence-corrected chi connectivity index (χ0v) is 11.5. The molecule has 0 fully saturated rings.